The number of nitrogens with zero attached hydrogens (tertiary/aromatic N) is 2. The van der Waals surface area contributed by atoms with Gasteiger partial charge in [0.05, 0.1) is 11.1 Å². The van der Waals surface area contributed by atoms with Crippen LogP contribution in [0.25, 0.3) is 0 Å². The summed E-state index contributed by atoms with van der Waals surface area (Å²) >= 11 is 0. The Morgan fingerprint density at radius 2 is 1.68 bits per heavy atom. The first-order valence-corrected chi connectivity index (χ1v) is 5.68. The number of ether oxygens (including phenoxy) is 1. The van der Waals surface area contributed by atoms with Crippen LogP contribution in [-0.4, -0.2) is 0 Å². The summed E-state index contributed by atoms with van der Waals surface area (Å²) in [6.07, 6.45) is 0. The van der Waals surface area contributed by atoms with Gasteiger partial charge >= 0.3 is 0 Å². The summed E-state index contributed by atoms with van der Waals surface area (Å²) in [4.78, 5) is 0. The number of nitrogens with two attached hydrogens (primary N) is 1. The van der Waals surface area contributed by atoms with E-state index < -0.39 is 0 Å². The van der Waals surface area contributed by atoms with Crippen LogP contribution in [-0.2, 0) is 6.54 Å². The summed E-state index contributed by atoms with van der Waals surface area (Å²) in [6, 6.07) is 16.1. The van der Waals surface area contributed by atoms with Gasteiger partial charge in [-0.25, -0.2) is 0 Å². The molecule has 0 amide bonds. The molecule has 0 bridgehead atoms. The third kappa shape index (κ3) is 2.90. The molecule has 0 saturated heterocycles. The molecule has 2 rings (SSSR count). The Balaban J connectivity index is 2.29. The van der Waals surface area contributed by atoms with E-state index in [1.54, 1.807) is 18.2 Å². The molecule has 0 spiro atoms. The van der Waals surface area contributed by atoms with E-state index in [-0.39, 0.29) is 0 Å². The van der Waals surface area contributed by atoms with Crippen LogP contribution in [0.3, 0.4) is 0 Å². The average molecular weight is 249 g/mol. The van der Waals surface area contributed by atoms with Gasteiger partial charge in [0.1, 0.15) is 23.6 Å². The van der Waals surface area contributed by atoms with Crippen molar-refractivity contribution < 1.29 is 4.74 Å². The topological polar surface area (TPSA) is 82.8 Å². The van der Waals surface area contributed by atoms with E-state index in [1.165, 1.54) is 0 Å². The molecule has 0 atom stereocenters. The minimum Gasteiger partial charge on any atom is -0.457 e. The van der Waals surface area contributed by atoms with Crippen molar-refractivity contribution in [2.24, 2.45) is 5.73 Å². The summed E-state index contributed by atoms with van der Waals surface area (Å²) in [6.45, 7) is 0.439. The summed E-state index contributed by atoms with van der Waals surface area (Å²) in [5, 5.41) is 17.8. The molecular formula is C15H11N3O. The fourth-order valence-corrected chi connectivity index (χ4v) is 1.65. The molecule has 0 heterocycles. The van der Waals surface area contributed by atoms with Gasteiger partial charge in [0.2, 0.25) is 0 Å². The minimum atomic E-state index is 0.301. The summed E-state index contributed by atoms with van der Waals surface area (Å²) < 4.78 is 5.65. The van der Waals surface area contributed by atoms with Crippen molar-refractivity contribution in [2.75, 3.05) is 0 Å². The van der Waals surface area contributed by atoms with E-state index in [9.17, 15) is 0 Å². The van der Waals surface area contributed by atoms with Crippen molar-refractivity contribution in [3.05, 3.63) is 59.2 Å². The largest absolute Gasteiger partial charge is 0.457 e. The standard InChI is InChI=1S/C15H11N3O/c16-8-11-2-1-3-14(6-11)19-15-5-4-12(9-17)13(7-15)10-18/h1-7H,8,16H2. The van der Waals surface area contributed by atoms with E-state index in [0.717, 1.165) is 5.56 Å². The zero-order chi connectivity index (χ0) is 13.7. The number of nitriles is 2. The monoisotopic (exact) mass is 249 g/mol. The molecule has 19 heavy (non-hydrogen) atoms. The molecule has 0 aliphatic carbocycles. The van der Waals surface area contributed by atoms with Gasteiger partial charge in [-0.15, -0.1) is 0 Å². The van der Waals surface area contributed by atoms with Gasteiger partial charge in [0.25, 0.3) is 0 Å². The number of hydrogen-bond donors (Lipinski definition) is 1. The molecule has 0 aromatic heterocycles. The maximum absolute atomic E-state index is 8.95. The van der Waals surface area contributed by atoms with Gasteiger partial charge < -0.3 is 10.5 Å². The smallest absolute Gasteiger partial charge is 0.128 e. The van der Waals surface area contributed by atoms with Crippen LogP contribution in [0.1, 0.15) is 16.7 Å². The van der Waals surface area contributed by atoms with E-state index >= 15 is 0 Å². The molecular weight excluding hydrogens is 238 g/mol. The van der Waals surface area contributed by atoms with Gasteiger partial charge in [0.15, 0.2) is 0 Å². The van der Waals surface area contributed by atoms with Crippen LogP contribution in [0.5, 0.6) is 11.5 Å². The Morgan fingerprint density at radius 1 is 0.947 bits per heavy atom. The fourth-order valence-electron chi connectivity index (χ4n) is 1.65. The van der Waals surface area contributed by atoms with Crippen LogP contribution in [0.4, 0.5) is 0 Å². The van der Waals surface area contributed by atoms with Gasteiger partial charge in [-0.1, -0.05) is 12.1 Å². The second-order valence-electron chi connectivity index (χ2n) is 3.88. The van der Waals surface area contributed by atoms with Crippen molar-refractivity contribution in [3.8, 4) is 23.6 Å². The SMILES string of the molecule is N#Cc1ccc(Oc2cccc(CN)c2)cc1C#N. The zero-order valence-electron chi connectivity index (χ0n) is 10.1. The van der Waals surface area contributed by atoms with Crippen molar-refractivity contribution in [3.63, 3.8) is 0 Å². The first-order valence-electron chi connectivity index (χ1n) is 5.68. The second kappa shape index (κ2) is 5.68. The summed E-state index contributed by atoms with van der Waals surface area (Å²) in [5.74, 6) is 1.17. The number of benzene rings is 2. The Hall–Kier alpha value is -2.82. The van der Waals surface area contributed by atoms with Crippen LogP contribution in [0, 0.1) is 22.7 Å². The first-order chi connectivity index (χ1) is 9.26. The average Bonchev–Trinajstić information content (AvgIpc) is 2.47. The van der Waals surface area contributed by atoms with Gasteiger partial charge in [-0.05, 0) is 35.9 Å². The van der Waals surface area contributed by atoms with E-state index in [0.29, 0.717) is 29.2 Å². The molecule has 0 aliphatic rings. The molecule has 0 fully saturated rings. The van der Waals surface area contributed by atoms with Crippen LogP contribution in [0.2, 0.25) is 0 Å². The lowest BCUT2D eigenvalue weighted by Gasteiger charge is -2.07. The Kier molecular flexibility index (Phi) is 3.78. The zero-order valence-corrected chi connectivity index (χ0v) is 10.1. The Labute approximate surface area is 111 Å². The lowest BCUT2D eigenvalue weighted by atomic mass is 10.1. The highest BCUT2D eigenvalue weighted by atomic mass is 16.5. The Bertz CT molecular complexity index is 681. The van der Waals surface area contributed by atoms with Crippen LogP contribution < -0.4 is 10.5 Å². The predicted molar refractivity (Wildman–Crippen MR) is 70.3 cm³/mol. The molecule has 4 nitrogen and oxygen atoms in total. The maximum Gasteiger partial charge on any atom is 0.128 e. The minimum absolute atomic E-state index is 0.301. The molecule has 0 aliphatic heterocycles. The van der Waals surface area contributed by atoms with Crippen molar-refractivity contribution in [1.29, 1.82) is 10.5 Å². The van der Waals surface area contributed by atoms with Crippen molar-refractivity contribution in [1.82, 2.24) is 0 Å². The van der Waals surface area contributed by atoms with Crippen molar-refractivity contribution >= 4 is 0 Å². The summed E-state index contributed by atoms with van der Waals surface area (Å²) in [5.41, 5.74) is 7.16. The molecule has 2 aromatic rings. The van der Waals surface area contributed by atoms with E-state index in [4.69, 9.17) is 21.0 Å². The highest BCUT2D eigenvalue weighted by molar-refractivity contribution is 5.50. The fraction of sp³-hybridized carbons (Fsp3) is 0.0667. The van der Waals surface area contributed by atoms with E-state index in [2.05, 4.69) is 0 Å². The Morgan fingerprint density at radius 3 is 2.37 bits per heavy atom. The third-order valence-electron chi connectivity index (χ3n) is 2.60. The number of hydrogen-bond acceptors (Lipinski definition) is 4. The molecule has 4 heteroatoms. The third-order valence-corrected chi connectivity index (χ3v) is 2.60. The first kappa shape index (κ1) is 12.6. The normalized spacial score (nSPS) is 9.42. The molecule has 2 N–H and O–H groups in total. The number of rotatable bonds is 3. The van der Waals surface area contributed by atoms with Gasteiger partial charge in [-0.2, -0.15) is 10.5 Å². The molecule has 0 unspecified atom stereocenters. The molecule has 2 aromatic carbocycles. The highest BCUT2D eigenvalue weighted by Crippen LogP contribution is 2.24. The lowest BCUT2D eigenvalue weighted by molar-refractivity contribution is 0.482. The molecule has 0 saturated carbocycles. The maximum atomic E-state index is 8.95. The lowest BCUT2D eigenvalue weighted by Crippen LogP contribution is -1.96. The molecule has 92 valence electrons. The quantitative estimate of drug-likeness (QED) is 0.906. The van der Waals surface area contributed by atoms with Crippen LogP contribution in [0.15, 0.2) is 42.5 Å². The molecule has 0 radical (unpaired) electrons. The van der Waals surface area contributed by atoms with Gasteiger partial charge in [-0.3, -0.25) is 0 Å². The van der Waals surface area contributed by atoms with E-state index in [1.807, 2.05) is 36.4 Å². The second-order valence-corrected chi connectivity index (χ2v) is 3.88. The van der Waals surface area contributed by atoms with Crippen LogP contribution >= 0.6 is 0 Å². The summed E-state index contributed by atoms with van der Waals surface area (Å²) in [7, 11) is 0. The predicted octanol–water partition coefficient (Wildman–Crippen LogP) is 2.68. The van der Waals surface area contributed by atoms with Gasteiger partial charge in [0, 0.05) is 6.54 Å². The van der Waals surface area contributed by atoms with Crippen molar-refractivity contribution in [2.45, 2.75) is 6.54 Å². The highest BCUT2D eigenvalue weighted by Gasteiger charge is 2.04.